The summed E-state index contributed by atoms with van der Waals surface area (Å²) in [6, 6.07) is 6.84. The summed E-state index contributed by atoms with van der Waals surface area (Å²) >= 11 is 4.13. The molecule has 1 rings (SSSR count). The first-order valence-electron chi connectivity index (χ1n) is 4.28. The largest absolute Gasteiger partial charge is 0.468 e. The molecule has 0 aromatic heterocycles. The first-order chi connectivity index (χ1) is 7.15. The zero-order valence-corrected chi connectivity index (χ0v) is 9.08. The minimum absolute atomic E-state index is 0.141. The van der Waals surface area contributed by atoms with E-state index in [1.54, 1.807) is 24.3 Å². The molecule has 4 nitrogen and oxygen atoms in total. The normalized spacial score (nSPS) is 9.47. The Morgan fingerprint density at radius 3 is 2.67 bits per heavy atom. The van der Waals surface area contributed by atoms with Crippen molar-refractivity contribution in [3.8, 4) is 0 Å². The van der Waals surface area contributed by atoms with E-state index < -0.39 is 5.97 Å². The lowest BCUT2D eigenvalue weighted by Crippen LogP contribution is -2.30. The number of benzene rings is 1. The van der Waals surface area contributed by atoms with Crippen LogP contribution >= 0.6 is 12.6 Å². The van der Waals surface area contributed by atoms with Crippen LogP contribution < -0.4 is 5.32 Å². The molecule has 0 unspecified atom stereocenters. The number of esters is 1. The van der Waals surface area contributed by atoms with Crippen molar-refractivity contribution in [1.29, 1.82) is 0 Å². The molecular formula is C10H11NO3S. The van der Waals surface area contributed by atoms with E-state index in [2.05, 4.69) is 22.7 Å². The van der Waals surface area contributed by atoms with Gasteiger partial charge in [0.2, 0.25) is 0 Å². The minimum Gasteiger partial charge on any atom is -0.468 e. The molecule has 80 valence electrons. The molecule has 0 heterocycles. The molecule has 0 saturated carbocycles. The Morgan fingerprint density at radius 2 is 2.07 bits per heavy atom. The van der Waals surface area contributed by atoms with Gasteiger partial charge in [0.05, 0.1) is 12.7 Å². The van der Waals surface area contributed by atoms with Crippen LogP contribution in [-0.4, -0.2) is 25.5 Å². The fraction of sp³-hybridized carbons (Fsp3) is 0.200. The summed E-state index contributed by atoms with van der Waals surface area (Å²) in [6.07, 6.45) is 0. The van der Waals surface area contributed by atoms with E-state index in [0.717, 1.165) is 0 Å². The van der Waals surface area contributed by atoms with Crippen LogP contribution in [0.1, 0.15) is 10.4 Å². The number of carbonyl (C=O) groups excluding carboxylic acids is 2. The van der Waals surface area contributed by atoms with E-state index in [9.17, 15) is 9.59 Å². The topological polar surface area (TPSA) is 55.4 Å². The molecule has 0 saturated heterocycles. The minimum atomic E-state index is -0.486. The third kappa shape index (κ3) is 3.28. The Balaban J connectivity index is 2.62. The summed E-state index contributed by atoms with van der Waals surface area (Å²) in [5.74, 6) is -0.828. The van der Waals surface area contributed by atoms with Crippen LogP contribution in [-0.2, 0) is 9.53 Å². The molecule has 0 radical (unpaired) electrons. The van der Waals surface area contributed by atoms with E-state index in [4.69, 9.17) is 0 Å². The summed E-state index contributed by atoms with van der Waals surface area (Å²) in [4.78, 5) is 22.9. The van der Waals surface area contributed by atoms with Crippen LogP contribution in [0.2, 0.25) is 0 Å². The number of carbonyl (C=O) groups is 2. The van der Waals surface area contributed by atoms with Gasteiger partial charge in [-0.1, -0.05) is 12.1 Å². The van der Waals surface area contributed by atoms with Crippen LogP contribution in [0.15, 0.2) is 29.2 Å². The maximum atomic E-state index is 11.5. The Bertz CT molecular complexity index is 379. The van der Waals surface area contributed by atoms with Gasteiger partial charge in [0.15, 0.2) is 0 Å². The molecule has 5 heteroatoms. The van der Waals surface area contributed by atoms with Crippen molar-refractivity contribution in [2.24, 2.45) is 0 Å². The van der Waals surface area contributed by atoms with Crippen LogP contribution in [0, 0.1) is 0 Å². The third-order valence-electron chi connectivity index (χ3n) is 1.77. The summed E-state index contributed by atoms with van der Waals surface area (Å²) in [5.41, 5.74) is 0.435. The van der Waals surface area contributed by atoms with E-state index in [0.29, 0.717) is 10.5 Å². The lowest BCUT2D eigenvalue weighted by molar-refractivity contribution is -0.139. The van der Waals surface area contributed by atoms with Gasteiger partial charge in [-0.15, -0.1) is 12.6 Å². The van der Waals surface area contributed by atoms with E-state index in [-0.39, 0.29) is 12.5 Å². The highest BCUT2D eigenvalue weighted by molar-refractivity contribution is 7.80. The molecule has 0 aliphatic rings. The number of hydrogen-bond donors (Lipinski definition) is 2. The number of methoxy groups -OCH3 is 1. The van der Waals surface area contributed by atoms with Crippen LogP contribution in [0.3, 0.4) is 0 Å². The second-order valence-corrected chi connectivity index (χ2v) is 3.26. The third-order valence-corrected chi connectivity index (χ3v) is 2.16. The summed E-state index contributed by atoms with van der Waals surface area (Å²) < 4.78 is 4.39. The lowest BCUT2D eigenvalue weighted by Gasteiger charge is -2.05. The molecule has 1 N–H and O–H groups in total. The summed E-state index contributed by atoms with van der Waals surface area (Å²) in [6.45, 7) is -0.141. The van der Waals surface area contributed by atoms with Crippen LogP contribution in [0.25, 0.3) is 0 Å². The van der Waals surface area contributed by atoms with Gasteiger partial charge in [0.1, 0.15) is 6.54 Å². The number of amides is 1. The standard InChI is InChI=1S/C10H11NO3S/c1-14-9(12)6-11-10(13)7-4-2-3-5-8(7)15/h2-5,15H,6H2,1H3,(H,11,13). The lowest BCUT2D eigenvalue weighted by atomic mass is 10.2. The zero-order chi connectivity index (χ0) is 11.3. The molecule has 0 spiro atoms. The van der Waals surface area contributed by atoms with Gasteiger partial charge < -0.3 is 10.1 Å². The van der Waals surface area contributed by atoms with Crippen molar-refractivity contribution in [1.82, 2.24) is 5.32 Å². The Morgan fingerprint density at radius 1 is 1.40 bits per heavy atom. The maximum Gasteiger partial charge on any atom is 0.325 e. The average molecular weight is 225 g/mol. The molecule has 1 amide bonds. The van der Waals surface area contributed by atoms with E-state index in [1.165, 1.54) is 7.11 Å². The highest BCUT2D eigenvalue weighted by atomic mass is 32.1. The Hall–Kier alpha value is -1.49. The first-order valence-corrected chi connectivity index (χ1v) is 4.73. The Kier molecular flexibility index (Phi) is 4.17. The second-order valence-electron chi connectivity index (χ2n) is 2.78. The maximum absolute atomic E-state index is 11.5. The van der Waals surface area contributed by atoms with Gasteiger partial charge in [-0.05, 0) is 12.1 Å². The van der Waals surface area contributed by atoms with Crippen molar-refractivity contribution in [3.63, 3.8) is 0 Å². The van der Waals surface area contributed by atoms with Crippen molar-refractivity contribution in [3.05, 3.63) is 29.8 Å². The van der Waals surface area contributed by atoms with Gasteiger partial charge in [-0.25, -0.2) is 0 Å². The van der Waals surface area contributed by atoms with Crippen LogP contribution in [0.5, 0.6) is 0 Å². The van der Waals surface area contributed by atoms with Crippen molar-refractivity contribution < 1.29 is 14.3 Å². The fourth-order valence-corrected chi connectivity index (χ4v) is 1.25. The number of thiol groups is 1. The number of rotatable bonds is 3. The molecule has 15 heavy (non-hydrogen) atoms. The van der Waals surface area contributed by atoms with Crippen molar-refractivity contribution >= 4 is 24.5 Å². The van der Waals surface area contributed by atoms with Crippen molar-refractivity contribution in [2.75, 3.05) is 13.7 Å². The molecule has 0 aliphatic heterocycles. The number of hydrogen-bond acceptors (Lipinski definition) is 4. The molecule has 0 aliphatic carbocycles. The quantitative estimate of drug-likeness (QED) is 0.593. The predicted molar refractivity (Wildman–Crippen MR) is 58.0 cm³/mol. The highest BCUT2D eigenvalue weighted by Gasteiger charge is 2.09. The molecule has 0 atom stereocenters. The van der Waals surface area contributed by atoms with Crippen molar-refractivity contribution in [2.45, 2.75) is 4.90 Å². The predicted octanol–water partition coefficient (Wildman–Crippen LogP) is 0.878. The van der Waals surface area contributed by atoms with E-state index >= 15 is 0 Å². The van der Waals surface area contributed by atoms with Gasteiger partial charge in [0.25, 0.3) is 5.91 Å². The van der Waals surface area contributed by atoms with Gasteiger partial charge in [0, 0.05) is 4.90 Å². The monoisotopic (exact) mass is 225 g/mol. The van der Waals surface area contributed by atoms with Gasteiger partial charge >= 0.3 is 5.97 Å². The Labute approximate surface area is 93.0 Å². The average Bonchev–Trinajstić information content (AvgIpc) is 2.26. The second kappa shape index (κ2) is 5.41. The first kappa shape index (κ1) is 11.6. The smallest absolute Gasteiger partial charge is 0.325 e. The fourth-order valence-electron chi connectivity index (χ4n) is 0.985. The van der Waals surface area contributed by atoms with E-state index in [1.807, 2.05) is 0 Å². The molecule has 1 aromatic rings. The molecule has 1 aromatic carbocycles. The molecular weight excluding hydrogens is 214 g/mol. The zero-order valence-electron chi connectivity index (χ0n) is 8.19. The number of ether oxygens (including phenoxy) is 1. The number of nitrogens with one attached hydrogen (secondary N) is 1. The SMILES string of the molecule is COC(=O)CNC(=O)c1ccccc1S. The summed E-state index contributed by atoms with van der Waals surface area (Å²) in [5, 5.41) is 2.43. The van der Waals surface area contributed by atoms with Gasteiger partial charge in [-0.3, -0.25) is 9.59 Å². The summed E-state index contributed by atoms with van der Waals surface area (Å²) in [7, 11) is 1.26. The van der Waals surface area contributed by atoms with Crippen LogP contribution in [0.4, 0.5) is 0 Å². The molecule has 0 bridgehead atoms. The highest BCUT2D eigenvalue weighted by Crippen LogP contribution is 2.12. The molecule has 0 fully saturated rings. The van der Waals surface area contributed by atoms with Gasteiger partial charge in [-0.2, -0.15) is 0 Å².